The first kappa shape index (κ1) is 28.9. The van der Waals surface area contributed by atoms with Crippen molar-refractivity contribution in [3.05, 3.63) is 95.6 Å². The molecule has 0 heterocycles. The number of ether oxygens (including phenoxy) is 2. The van der Waals surface area contributed by atoms with Gasteiger partial charge in [0.2, 0.25) is 5.91 Å². The fourth-order valence-electron chi connectivity index (χ4n) is 5.02. The van der Waals surface area contributed by atoms with Crippen LogP contribution < -0.4 is 0 Å². The minimum atomic E-state index is -0.882. The molecule has 0 saturated carbocycles. The molecule has 1 aliphatic rings. The van der Waals surface area contributed by atoms with Crippen LogP contribution in [0.3, 0.4) is 0 Å². The van der Waals surface area contributed by atoms with Gasteiger partial charge in [-0.25, -0.2) is 9.59 Å². The molecule has 210 valence electrons. The Hall–Kier alpha value is -4.13. The summed E-state index contributed by atoms with van der Waals surface area (Å²) < 4.78 is 11.3. The molecule has 0 saturated heterocycles. The van der Waals surface area contributed by atoms with Crippen LogP contribution in [0.5, 0.6) is 0 Å². The Labute approximate surface area is 236 Å². The van der Waals surface area contributed by atoms with E-state index < -0.39 is 29.7 Å². The van der Waals surface area contributed by atoms with Gasteiger partial charge in [0, 0.05) is 26.4 Å². The molecule has 2 atom stereocenters. The summed E-state index contributed by atoms with van der Waals surface area (Å²) in [6, 6.07) is 24.0. The van der Waals surface area contributed by atoms with Gasteiger partial charge in [-0.3, -0.25) is 9.69 Å². The van der Waals surface area contributed by atoms with Crippen LogP contribution in [-0.2, 0) is 25.5 Å². The fraction of sp³-hybridized carbons (Fsp3) is 0.364. The van der Waals surface area contributed by atoms with Crippen molar-refractivity contribution in [2.75, 3.05) is 20.7 Å². The van der Waals surface area contributed by atoms with E-state index in [1.54, 1.807) is 41.8 Å². The molecule has 0 N–H and O–H groups in total. The highest BCUT2D eigenvalue weighted by molar-refractivity contribution is 5.89. The number of amides is 2. The first-order chi connectivity index (χ1) is 19.0. The number of fused-ring (bicyclic) bond motifs is 3. The van der Waals surface area contributed by atoms with Crippen molar-refractivity contribution in [3.8, 4) is 11.1 Å². The first-order valence-corrected chi connectivity index (χ1v) is 13.6. The van der Waals surface area contributed by atoms with Gasteiger partial charge in [-0.2, -0.15) is 0 Å². The Morgan fingerprint density at radius 3 is 1.88 bits per heavy atom. The Kier molecular flexibility index (Phi) is 8.62. The van der Waals surface area contributed by atoms with Gasteiger partial charge >= 0.3 is 12.1 Å². The topological polar surface area (TPSA) is 76.2 Å². The van der Waals surface area contributed by atoms with E-state index in [2.05, 4.69) is 24.3 Å². The van der Waals surface area contributed by atoms with Crippen molar-refractivity contribution < 1.29 is 23.9 Å². The van der Waals surface area contributed by atoms with E-state index in [4.69, 9.17) is 9.47 Å². The summed E-state index contributed by atoms with van der Waals surface area (Å²) >= 11 is 0. The molecule has 7 nitrogen and oxygen atoms in total. The van der Waals surface area contributed by atoms with Gasteiger partial charge in [0.1, 0.15) is 24.3 Å². The minimum absolute atomic E-state index is 0.0945. The average molecular weight is 543 g/mol. The second kappa shape index (κ2) is 11.9. The SMILES string of the molecule is C[C@@H](C(=O)OC(C)(C)C)N(C)C(=O)[C@H](Cc1ccccc1)N(C)C(=O)OCC1c2ccccc2-c2ccccc21. The van der Waals surface area contributed by atoms with E-state index in [9.17, 15) is 14.4 Å². The van der Waals surface area contributed by atoms with Crippen LogP contribution in [-0.4, -0.2) is 66.2 Å². The molecule has 0 aliphatic heterocycles. The second-order valence-electron chi connectivity index (χ2n) is 11.3. The molecular formula is C33H38N2O5. The van der Waals surface area contributed by atoms with Gasteiger partial charge in [0.15, 0.2) is 0 Å². The lowest BCUT2D eigenvalue weighted by Crippen LogP contribution is -2.53. The third kappa shape index (κ3) is 6.36. The van der Waals surface area contributed by atoms with Crippen molar-refractivity contribution in [2.24, 2.45) is 0 Å². The van der Waals surface area contributed by atoms with E-state index in [-0.39, 0.29) is 24.9 Å². The highest BCUT2D eigenvalue weighted by atomic mass is 16.6. The van der Waals surface area contributed by atoms with Gasteiger partial charge in [0.05, 0.1) is 0 Å². The molecule has 0 radical (unpaired) electrons. The van der Waals surface area contributed by atoms with Gasteiger partial charge in [0.25, 0.3) is 0 Å². The number of carbonyl (C=O) groups is 3. The molecule has 1 aliphatic carbocycles. The number of benzene rings is 3. The maximum absolute atomic E-state index is 13.8. The predicted molar refractivity (Wildman–Crippen MR) is 155 cm³/mol. The lowest BCUT2D eigenvalue weighted by Gasteiger charge is -2.33. The van der Waals surface area contributed by atoms with Crippen LogP contribution in [0.15, 0.2) is 78.9 Å². The number of hydrogen-bond acceptors (Lipinski definition) is 5. The van der Waals surface area contributed by atoms with Crippen molar-refractivity contribution in [1.82, 2.24) is 9.80 Å². The average Bonchev–Trinajstić information content (AvgIpc) is 3.26. The van der Waals surface area contributed by atoms with Gasteiger partial charge in [-0.15, -0.1) is 0 Å². The normalized spacial score (nSPS) is 13.9. The van der Waals surface area contributed by atoms with Crippen LogP contribution in [0.1, 0.15) is 50.3 Å². The van der Waals surface area contributed by atoms with E-state index in [1.165, 1.54) is 9.80 Å². The smallest absolute Gasteiger partial charge is 0.410 e. The molecule has 0 aromatic heterocycles. The van der Waals surface area contributed by atoms with Crippen LogP contribution in [0, 0.1) is 0 Å². The molecule has 7 heteroatoms. The summed E-state index contributed by atoms with van der Waals surface area (Å²) in [7, 11) is 3.12. The van der Waals surface area contributed by atoms with E-state index in [0.717, 1.165) is 27.8 Å². The lowest BCUT2D eigenvalue weighted by atomic mass is 9.98. The summed E-state index contributed by atoms with van der Waals surface area (Å²) in [4.78, 5) is 42.6. The zero-order chi connectivity index (χ0) is 29.0. The van der Waals surface area contributed by atoms with Crippen LogP contribution in [0.2, 0.25) is 0 Å². The number of carbonyl (C=O) groups excluding carboxylic acids is 3. The molecule has 0 unspecified atom stereocenters. The lowest BCUT2D eigenvalue weighted by molar-refractivity contribution is -0.164. The third-order valence-electron chi connectivity index (χ3n) is 7.32. The summed E-state index contributed by atoms with van der Waals surface area (Å²) in [5.41, 5.74) is 4.71. The monoisotopic (exact) mass is 542 g/mol. The molecule has 0 fully saturated rings. The summed E-state index contributed by atoms with van der Waals surface area (Å²) in [6.07, 6.45) is -0.333. The van der Waals surface area contributed by atoms with Crippen molar-refractivity contribution >= 4 is 18.0 Å². The van der Waals surface area contributed by atoms with Gasteiger partial charge in [-0.05, 0) is 55.5 Å². The Balaban J connectivity index is 1.52. The summed E-state index contributed by atoms with van der Waals surface area (Å²) in [5, 5.41) is 0. The molecule has 0 spiro atoms. The van der Waals surface area contributed by atoms with E-state index in [0.29, 0.717) is 0 Å². The van der Waals surface area contributed by atoms with E-state index in [1.807, 2.05) is 54.6 Å². The quantitative estimate of drug-likeness (QED) is 0.343. The molecule has 3 aromatic rings. The molecule has 3 aromatic carbocycles. The van der Waals surface area contributed by atoms with Crippen molar-refractivity contribution in [1.29, 1.82) is 0 Å². The zero-order valence-electron chi connectivity index (χ0n) is 24.1. The van der Waals surface area contributed by atoms with E-state index >= 15 is 0 Å². The molecular weight excluding hydrogens is 504 g/mol. The predicted octanol–water partition coefficient (Wildman–Crippen LogP) is 5.67. The number of likely N-dealkylation sites (N-methyl/N-ethyl adjacent to an activating group) is 2. The Morgan fingerprint density at radius 1 is 0.800 bits per heavy atom. The summed E-state index contributed by atoms with van der Waals surface area (Å²) in [5.74, 6) is -0.980. The largest absolute Gasteiger partial charge is 0.458 e. The molecule has 4 rings (SSSR count). The number of esters is 1. The van der Waals surface area contributed by atoms with Crippen molar-refractivity contribution in [2.45, 2.75) is 57.7 Å². The Bertz CT molecular complexity index is 1320. The van der Waals surface area contributed by atoms with Gasteiger partial charge < -0.3 is 14.4 Å². The molecule has 2 amide bonds. The standard InChI is InChI=1S/C33H38N2O5/c1-22(31(37)40-33(2,3)4)34(5)30(36)29(20-23-14-8-7-9-15-23)35(6)32(38)39-21-28-26-18-12-10-16-24(26)25-17-11-13-19-27(25)28/h7-19,22,28-29H,20-21H2,1-6H3/t22-,29-/m0/s1. The van der Waals surface area contributed by atoms with Crippen LogP contribution in [0.25, 0.3) is 11.1 Å². The number of nitrogens with zero attached hydrogens (tertiary/aromatic N) is 2. The first-order valence-electron chi connectivity index (χ1n) is 13.6. The highest BCUT2D eigenvalue weighted by Gasteiger charge is 2.36. The maximum Gasteiger partial charge on any atom is 0.410 e. The Morgan fingerprint density at radius 2 is 1.32 bits per heavy atom. The number of rotatable bonds is 8. The van der Waals surface area contributed by atoms with Crippen molar-refractivity contribution in [3.63, 3.8) is 0 Å². The third-order valence-corrected chi connectivity index (χ3v) is 7.32. The number of hydrogen-bond donors (Lipinski definition) is 0. The summed E-state index contributed by atoms with van der Waals surface area (Å²) in [6.45, 7) is 7.11. The van der Waals surface area contributed by atoms with Crippen LogP contribution >= 0.6 is 0 Å². The molecule has 40 heavy (non-hydrogen) atoms. The van der Waals surface area contributed by atoms with Crippen LogP contribution in [0.4, 0.5) is 4.79 Å². The zero-order valence-corrected chi connectivity index (χ0v) is 24.1. The maximum atomic E-state index is 13.8. The second-order valence-corrected chi connectivity index (χ2v) is 11.3. The van der Waals surface area contributed by atoms with Gasteiger partial charge in [-0.1, -0.05) is 78.9 Å². The highest BCUT2D eigenvalue weighted by Crippen LogP contribution is 2.44. The molecule has 0 bridgehead atoms. The fourth-order valence-corrected chi connectivity index (χ4v) is 5.02. The minimum Gasteiger partial charge on any atom is -0.458 e.